The number of halogens is 2. The molecule has 130 valence electrons. The highest BCUT2D eigenvalue weighted by atomic mass is 35.5. The van der Waals surface area contributed by atoms with Crippen LogP contribution in [-0.4, -0.2) is 19.1 Å². The summed E-state index contributed by atoms with van der Waals surface area (Å²) in [6.07, 6.45) is 0.237. The number of carbonyl (C=O) groups excluding carboxylic acids is 1. The number of benzene rings is 2. The van der Waals surface area contributed by atoms with Crippen molar-refractivity contribution in [1.82, 2.24) is 0 Å². The van der Waals surface area contributed by atoms with E-state index >= 15 is 0 Å². The predicted octanol–water partition coefficient (Wildman–Crippen LogP) is 4.94. The minimum atomic E-state index is -0.244. The first kappa shape index (κ1) is 19.1. The Bertz CT molecular complexity index is 795. The molecule has 0 saturated heterocycles. The van der Waals surface area contributed by atoms with Gasteiger partial charge in [0.25, 0.3) is 5.91 Å². The number of nitrogens with zero attached hydrogens (tertiary/aromatic N) is 2. The zero-order valence-corrected chi connectivity index (χ0v) is 15.6. The number of hydrogen-bond acceptors (Lipinski definition) is 3. The van der Waals surface area contributed by atoms with Crippen LogP contribution in [0.25, 0.3) is 0 Å². The maximum atomic E-state index is 12.6. The van der Waals surface area contributed by atoms with Crippen LogP contribution in [-0.2, 0) is 4.79 Å². The number of ether oxygens (including phenoxy) is 1. The molecule has 0 bridgehead atoms. The van der Waals surface area contributed by atoms with Crippen LogP contribution < -0.4 is 9.64 Å². The SMILES string of the molecule is Cc1cc(C)cc(N(CCC#N)C(=O)COc2ccc(Cl)cc2Cl)c1. The zero-order valence-electron chi connectivity index (χ0n) is 14.1. The van der Waals surface area contributed by atoms with Crippen molar-refractivity contribution in [3.63, 3.8) is 0 Å². The summed E-state index contributed by atoms with van der Waals surface area (Å²) in [7, 11) is 0. The van der Waals surface area contributed by atoms with Gasteiger partial charge in [-0.25, -0.2) is 0 Å². The van der Waals surface area contributed by atoms with Gasteiger partial charge in [0.2, 0.25) is 0 Å². The Morgan fingerprint density at radius 1 is 1.16 bits per heavy atom. The molecule has 0 spiro atoms. The van der Waals surface area contributed by atoms with E-state index in [1.807, 2.05) is 32.0 Å². The van der Waals surface area contributed by atoms with Crippen LogP contribution in [0.5, 0.6) is 5.75 Å². The van der Waals surface area contributed by atoms with Gasteiger partial charge < -0.3 is 9.64 Å². The van der Waals surface area contributed by atoms with E-state index in [0.717, 1.165) is 16.8 Å². The van der Waals surface area contributed by atoms with E-state index in [2.05, 4.69) is 6.07 Å². The molecule has 0 fully saturated rings. The monoisotopic (exact) mass is 376 g/mol. The van der Waals surface area contributed by atoms with Gasteiger partial charge in [-0.05, 0) is 55.3 Å². The molecule has 0 aliphatic rings. The average Bonchev–Trinajstić information content (AvgIpc) is 2.53. The van der Waals surface area contributed by atoms with Crippen LogP contribution >= 0.6 is 23.2 Å². The molecule has 2 aromatic carbocycles. The molecule has 0 heterocycles. The maximum Gasteiger partial charge on any atom is 0.264 e. The fraction of sp³-hybridized carbons (Fsp3) is 0.263. The molecule has 0 N–H and O–H groups in total. The van der Waals surface area contributed by atoms with Crippen LogP contribution in [0.15, 0.2) is 36.4 Å². The molecule has 0 aromatic heterocycles. The molecule has 0 unspecified atom stereocenters. The van der Waals surface area contributed by atoms with Gasteiger partial charge >= 0.3 is 0 Å². The summed E-state index contributed by atoms with van der Waals surface area (Å²) in [4.78, 5) is 14.2. The van der Waals surface area contributed by atoms with Crippen LogP contribution in [0, 0.1) is 25.2 Å². The third-order valence-electron chi connectivity index (χ3n) is 3.51. The average molecular weight is 377 g/mol. The van der Waals surface area contributed by atoms with E-state index in [1.165, 1.54) is 0 Å². The Hall–Kier alpha value is -2.22. The van der Waals surface area contributed by atoms with E-state index in [-0.39, 0.29) is 18.9 Å². The molecule has 2 aromatic rings. The maximum absolute atomic E-state index is 12.6. The normalized spacial score (nSPS) is 10.2. The third-order valence-corrected chi connectivity index (χ3v) is 4.04. The van der Waals surface area contributed by atoms with Crippen LogP contribution in [0.4, 0.5) is 5.69 Å². The van der Waals surface area contributed by atoms with Crippen molar-refractivity contribution >= 4 is 34.8 Å². The van der Waals surface area contributed by atoms with Crippen molar-refractivity contribution in [3.05, 3.63) is 57.6 Å². The zero-order chi connectivity index (χ0) is 18.4. The first-order valence-electron chi connectivity index (χ1n) is 7.74. The minimum Gasteiger partial charge on any atom is -0.482 e. The highest BCUT2D eigenvalue weighted by Crippen LogP contribution is 2.27. The van der Waals surface area contributed by atoms with Gasteiger partial charge in [-0.15, -0.1) is 0 Å². The Morgan fingerprint density at radius 3 is 2.44 bits per heavy atom. The molecular formula is C19H18Cl2N2O2. The van der Waals surface area contributed by atoms with Crippen LogP contribution in [0.2, 0.25) is 10.0 Å². The number of carbonyl (C=O) groups is 1. The lowest BCUT2D eigenvalue weighted by molar-refractivity contribution is -0.120. The van der Waals surface area contributed by atoms with E-state index < -0.39 is 0 Å². The Kier molecular flexibility index (Phi) is 6.69. The van der Waals surface area contributed by atoms with E-state index in [0.29, 0.717) is 22.3 Å². The fourth-order valence-electron chi connectivity index (χ4n) is 2.48. The molecule has 2 rings (SSSR count). The quantitative estimate of drug-likeness (QED) is 0.717. The van der Waals surface area contributed by atoms with Crippen molar-refractivity contribution in [3.8, 4) is 11.8 Å². The molecule has 4 nitrogen and oxygen atoms in total. The number of rotatable bonds is 6. The second-order valence-corrected chi connectivity index (χ2v) is 6.51. The lowest BCUT2D eigenvalue weighted by Crippen LogP contribution is -2.35. The van der Waals surface area contributed by atoms with E-state index in [1.54, 1.807) is 23.1 Å². The first-order chi connectivity index (χ1) is 11.9. The van der Waals surface area contributed by atoms with Crippen molar-refractivity contribution < 1.29 is 9.53 Å². The second kappa shape index (κ2) is 8.75. The molecule has 0 aliphatic carbocycles. The van der Waals surface area contributed by atoms with Gasteiger partial charge in [0.15, 0.2) is 6.61 Å². The van der Waals surface area contributed by atoms with Crippen molar-refractivity contribution in [1.29, 1.82) is 5.26 Å². The molecule has 0 saturated carbocycles. The van der Waals surface area contributed by atoms with Gasteiger partial charge in [0.1, 0.15) is 5.75 Å². The Morgan fingerprint density at radius 2 is 1.84 bits per heavy atom. The van der Waals surface area contributed by atoms with E-state index in [9.17, 15) is 4.79 Å². The predicted molar refractivity (Wildman–Crippen MR) is 100 cm³/mol. The first-order valence-corrected chi connectivity index (χ1v) is 8.50. The molecular weight excluding hydrogens is 359 g/mol. The van der Waals surface area contributed by atoms with Gasteiger partial charge in [-0.2, -0.15) is 5.26 Å². The second-order valence-electron chi connectivity index (χ2n) is 5.66. The summed E-state index contributed by atoms with van der Waals surface area (Å²) >= 11 is 11.9. The Labute approximate surface area is 157 Å². The summed E-state index contributed by atoms with van der Waals surface area (Å²) in [5.74, 6) is 0.145. The molecule has 1 amide bonds. The highest BCUT2D eigenvalue weighted by Gasteiger charge is 2.17. The lowest BCUT2D eigenvalue weighted by atomic mass is 10.1. The lowest BCUT2D eigenvalue weighted by Gasteiger charge is -2.23. The third kappa shape index (κ3) is 5.38. The molecule has 0 aliphatic heterocycles. The van der Waals surface area contributed by atoms with Crippen molar-refractivity contribution in [2.75, 3.05) is 18.1 Å². The summed E-state index contributed by atoms with van der Waals surface area (Å²) < 4.78 is 5.53. The van der Waals surface area contributed by atoms with Crippen molar-refractivity contribution in [2.24, 2.45) is 0 Å². The Balaban J connectivity index is 2.16. The largest absolute Gasteiger partial charge is 0.482 e. The summed E-state index contributed by atoms with van der Waals surface area (Å²) in [6.45, 7) is 4.05. The number of hydrogen-bond donors (Lipinski definition) is 0. The molecule has 0 radical (unpaired) electrons. The minimum absolute atomic E-state index is 0.181. The molecule has 6 heteroatoms. The standard InChI is InChI=1S/C19H18Cl2N2O2/c1-13-8-14(2)10-16(9-13)23(7-3-6-22)19(24)12-25-18-5-4-15(20)11-17(18)21/h4-5,8-11H,3,7,12H2,1-2H3. The van der Waals surface area contributed by atoms with Crippen LogP contribution in [0.1, 0.15) is 17.5 Å². The number of anilines is 1. The number of aryl methyl sites for hydroxylation is 2. The summed E-state index contributed by atoms with van der Waals surface area (Å²) in [5, 5.41) is 9.71. The topological polar surface area (TPSA) is 53.3 Å². The van der Waals surface area contributed by atoms with Gasteiger partial charge in [0.05, 0.1) is 17.5 Å². The smallest absolute Gasteiger partial charge is 0.264 e. The number of amides is 1. The summed E-state index contributed by atoms with van der Waals surface area (Å²) in [5.41, 5.74) is 2.85. The van der Waals surface area contributed by atoms with Crippen LogP contribution in [0.3, 0.4) is 0 Å². The number of nitriles is 1. The van der Waals surface area contributed by atoms with E-state index in [4.69, 9.17) is 33.2 Å². The van der Waals surface area contributed by atoms with Gasteiger partial charge in [0, 0.05) is 17.3 Å². The molecule has 0 atom stereocenters. The molecule has 25 heavy (non-hydrogen) atoms. The fourth-order valence-corrected chi connectivity index (χ4v) is 2.94. The van der Waals surface area contributed by atoms with Gasteiger partial charge in [-0.3, -0.25) is 4.79 Å². The van der Waals surface area contributed by atoms with Gasteiger partial charge in [-0.1, -0.05) is 29.3 Å². The summed E-state index contributed by atoms with van der Waals surface area (Å²) in [6, 6.07) is 12.7. The highest BCUT2D eigenvalue weighted by molar-refractivity contribution is 6.35. The van der Waals surface area contributed by atoms with Crippen molar-refractivity contribution in [2.45, 2.75) is 20.3 Å².